The minimum Gasteiger partial charge on any atom is -0.390 e. The van der Waals surface area contributed by atoms with Gasteiger partial charge in [-0.25, -0.2) is 0 Å². The lowest BCUT2D eigenvalue weighted by atomic mass is 11.0. The van der Waals surface area contributed by atoms with Gasteiger partial charge in [-0.3, -0.25) is 0 Å². The molecule has 2 heterocycles. The summed E-state index contributed by atoms with van der Waals surface area (Å²) in [5.74, 6) is -2.56. The summed E-state index contributed by atoms with van der Waals surface area (Å²) in [4.78, 5) is 19.3. The van der Waals surface area contributed by atoms with Crippen molar-refractivity contribution in [2.75, 3.05) is 11.5 Å². The van der Waals surface area contributed by atoms with Crippen LogP contribution in [0, 0.1) is 20.2 Å². The van der Waals surface area contributed by atoms with E-state index in [9.17, 15) is 20.2 Å². The number of rotatable bonds is 4. The van der Waals surface area contributed by atoms with Gasteiger partial charge < -0.3 is 31.7 Å². The third-order valence-electron chi connectivity index (χ3n) is 1.84. The summed E-state index contributed by atoms with van der Waals surface area (Å²) in [5.41, 5.74) is 10.6. The Balaban J connectivity index is 2.45. The Kier molecular flexibility index (Phi) is 2.87. The summed E-state index contributed by atoms with van der Waals surface area (Å²) in [6.45, 7) is 0. The highest BCUT2D eigenvalue weighted by atomic mass is 16.6. The zero-order valence-corrected chi connectivity index (χ0v) is 9.26. The molecule has 0 radical (unpaired) electrons. The van der Waals surface area contributed by atoms with E-state index in [0.717, 1.165) is 0 Å². The number of hydrogen-bond donors (Lipinski definition) is 2. The van der Waals surface area contributed by atoms with Crippen LogP contribution in [0.2, 0.25) is 0 Å². The van der Waals surface area contributed by atoms with E-state index in [1.165, 1.54) is 0 Å². The molecule has 16 nitrogen and oxygen atoms in total. The standard InChI is InChI=1S/C4H4N12O4/c5-1-7-9-3(15(17)18)13(1)11-12-14-2(6)8-10-4(14)16(19)20/h(H2,5,7)(H2,6,8)/b12-11+. The number of nitro groups is 2. The molecule has 4 N–H and O–H groups in total. The number of aromatic nitrogens is 6. The second kappa shape index (κ2) is 4.51. The van der Waals surface area contributed by atoms with Crippen molar-refractivity contribution in [1.29, 1.82) is 0 Å². The number of nitrogens with two attached hydrogens (primary N) is 2. The third-order valence-corrected chi connectivity index (χ3v) is 1.84. The molecule has 0 aliphatic carbocycles. The van der Waals surface area contributed by atoms with E-state index in [1.807, 2.05) is 0 Å². The predicted molar refractivity (Wildman–Crippen MR) is 57.8 cm³/mol. The Morgan fingerprint density at radius 1 is 0.850 bits per heavy atom. The van der Waals surface area contributed by atoms with Gasteiger partial charge in [0.15, 0.2) is 0 Å². The lowest BCUT2D eigenvalue weighted by Gasteiger charge is -1.93. The zero-order valence-electron chi connectivity index (χ0n) is 9.26. The molecule has 0 aliphatic rings. The molecule has 20 heavy (non-hydrogen) atoms. The minimum absolute atomic E-state index is 0.448. The van der Waals surface area contributed by atoms with Gasteiger partial charge >= 0.3 is 23.8 Å². The fraction of sp³-hybridized carbons (Fsp3) is 0. The van der Waals surface area contributed by atoms with Crippen LogP contribution in [0.3, 0.4) is 0 Å². The van der Waals surface area contributed by atoms with Gasteiger partial charge in [-0.05, 0) is 29.4 Å². The van der Waals surface area contributed by atoms with Gasteiger partial charge in [0.1, 0.15) is 0 Å². The van der Waals surface area contributed by atoms with Crippen molar-refractivity contribution in [3.8, 4) is 0 Å². The summed E-state index contributed by atoms with van der Waals surface area (Å²) in [6.07, 6.45) is 0. The van der Waals surface area contributed by atoms with Crippen molar-refractivity contribution in [2.45, 2.75) is 0 Å². The second-order valence-electron chi connectivity index (χ2n) is 3.03. The smallest absolute Gasteiger partial charge is 0.390 e. The quantitative estimate of drug-likeness (QED) is 0.376. The van der Waals surface area contributed by atoms with Gasteiger partial charge in [0, 0.05) is 10.4 Å². The molecule has 0 aliphatic heterocycles. The van der Waals surface area contributed by atoms with E-state index >= 15 is 0 Å². The number of anilines is 2. The highest BCUT2D eigenvalue weighted by Crippen LogP contribution is 2.15. The van der Waals surface area contributed by atoms with E-state index in [1.54, 1.807) is 0 Å². The van der Waals surface area contributed by atoms with Crippen LogP contribution in [-0.4, -0.2) is 39.6 Å². The van der Waals surface area contributed by atoms with Crippen LogP contribution >= 0.6 is 0 Å². The maximum atomic E-state index is 10.6. The Morgan fingerprint density at radius 2 is 1.20 bits per heavy atom. The van der Waals surface area contributed by atoms with E-state index < -0.39 is 33.6 Å². The third kappa shape index (κ3) is 2.02. The zero-order chi connectivity index (χ0) is 14.9. The fourth-order valence-electron chi connectivity index (χ4n) is 1.05. The van der Waals surface area contributed by atoms with Crippen molar-refractivity contribution < 1.29 is 9.85 Å². The second-order valence-corrected chi connectivity index (χ2v) is 3.03. The van der Waals surface area contributed by atoms with Gasteiger partial charge in [0.25, 0.3) is 0 Å². The predicted octanol–water partition coefficient (Wildman–Crippen LogP) is -1.47. The Bertz CT molecular complexity index is 651. The van der Waals surface area contributed by atoms with Gasteiger partial charge in [0.05, 0.1) is 10.2 Å². The molecule has 104 valence electrons. The van der Waals surface area contributed by atoms with Crippen LogP contribution in [-0.2, 0) is 0 Å². The molecule has 2 aromatic heterocycles. The minimum atomic E-state index is -0.924. The van der Waals surface area contributed by atoms with Crippen LogP contribution in [0.1, 0.15) is 0 Å². The van der Waals surface area contributed by atoms with Crippen molar-refractivity contribution in [1.82, 2.24) is 29.7 Å². The molecule has 2 rings (SSSR count). The summed E-state index contributed by atoms with van der Waals surface area (Å²) in [6, 6.07) is 0. The normalized spacial score (nSPS) is 11.0. The summed E-state index contributed by atoms with van der Waals surface area (Å²) in [7, 11) is 0. The molecular weight excluding hydrogens is 280 g/mol. The summed E-state index contributed by atoms with van der Waals surface area (Å²) >= 11 is 0. The van der Waals surface area contributed by atoms with Gasteiger partial charge in [-0.1, -0.05) is 0 Å². The van der Waals surface area contributed by atoms with Crippen LogP contribution in [0.5, 0.6) is 0 Å². The van der Waals surface area contributed by atoms with Crippen LogP contribution in [0.4, 0.5) is 23.8 Å². The molecule has 0 unspecified atom stereocenters. The molecule has 16 heteroatoms. The Hall–Kier alpha value is -3.72. The van der Waals surface area contributed by atoms with E-state index in [0.29, 0.717) is 9.35 Å². The number of nitrogens with zero attached hydrogens (tertiary/aromatic N) is 10. The highest BCUT2D eigenvalue weighted by Gasteiger charge is 2.25. The van der Waals surface area contributed by atoms with Gasteiger partial charge in [-0.15, -0.1) is 0 Å². The first-order valence-corrected chi connectivity index (χ1v) is 4.54. The molecule has 0 saturated carbocycles. The SMILES string of the molecule is Nc1nnc([N+](=O)[O-])n1/N=N/n1c(N)nnc1[N+](=O)[O-]. The first-order chi connectivity index (χ1) is 9.41. The average molecular weight is 284 g/mol. The first kappa shape index (κ1) is 12.7. The highest BCUT2D eigenvalue weighted by molar-refractivity contribution is 5.24. The summed E-state index contributed by atoms with van der Waals surface area (Å²) < 4.78 is 0.895. The monoisotopic (exact) mass is 284 g/mol. The molecule has 0 fully saturated rings. The molecular formula is C4H4N12O4. The van der Waals surface area contributed by atoms with E-state index in [-0.39, 0.29) is 0 Å². The number of nitrogen functional groups attached to an aromatic ring is 2. The average Bonchev–Trinajstić information content (AvgIpc) is 2.90. The molecule has 0 amide bonds. The van der Waals surface area contributed by atoms with Crippen LogP contribution in [0.15, 0.2) is 10.4 Å². The molecule has 0 bridgehead atoms. The molecule has 0 saturated heterocycles. The van der Waals surface area contributed by atoms with Crippen molar-refractivity contribution >= 4 is 23.8 Å². The molecule has 0 aromatic carbocycles. The fourth-order valence-corrected chi connectivity index (χ4v) is 1.05. The largest absolute Gasteiger partial charge is 0.486 e. The van der Waals surface area contributed by atoms with Crippen molar-refractivity contribution in [2.24, 2.45) is 10.4 Å². The van der Waals surface area contributed by atoms with E-state index in [4.69, 9.17) is 11.5 Å². The van der Waals surface area contributed by atoms with Crippen LogP contribution in [0.25, 0.3) is 0 Å². The Morgan fingerprint density at radius 3 is 1.50 bits per heavy atom. The Labute approximate surface area is 107 Å². The molecule has 0 spiro atoms. The lowest BCUT2D eigenvalue weighted by Crippen LogP contribution is -2.05. The van der Waals surface area contributed by atoms with Gasteiger partial charge in [-0.2, -0.15) is 0 Å². The topological polar surface area (TPSA) is 224 Å². The van der Waals surface area contributed by atoms with Crippen molar-refractivity contribution in [3.05, 3.63) is 20.2 Å². The number of hydrogen-bond acceptors (Lipinski definition) is 12. The maximum Gasteiger partial charge on any atom is 0.486 e. The maximum absolute atomic E-state index is 10.6. The van der Waals surface area contributed by atoms with Gasteiger partial charge in [0.2, 0.25) is 0 Å². The first-order valence-electron chi connectivity index (χ1n) is 4.54. The van der Waals surface area contributed by atoms with Crippen molar-refractivity contribution in [3.63, 3.8) is 0 Å². The lowest BCUT2D eigenvalue weighted by molar-refractivity contribution is -0.397. The molecule has 2 aromatic rings. The molecule has 0 atom stereocenters. The van der Waals surface area contributed by atoms with Crippen LogP contribution < -0.4 is 11.5 Å². The van der Waals surface area contributed by atoms with E-state index in [2.05, 4.69) is 30.8 Å². The summed E-state index contributed by atoms with van der Waals surface area (Å²) in [5, 5.41) is 40.4.